The molecule has 0 aliphatic carbocycles. The number of para-hydroxylation sites is 1. The molecule has 5 nitrogen and oxygen atoms in total. The van der Waals surface area contributed by atoms with Gasteiger partial charge in [-0.3, -0.25) is 4.99 Å². The van der Waals surface area contributed by atoms with Gasteiger partial charge in [-0.15, -0.1) is 24.0 Å². The highest BCUT2D eigenvalue weighted by atomic mass is 127. The molecule has 1 heterocycles. The van der Waals surface area contributed by atoms with Crippen LogP contribution < -0.4 is 10.6 Å². The van der Waals surface area contributed by atoms with Crippen molar-refractivity contribution >= 4 is 40.9 Å². The minimum atomic E-state index is -0.405. The van der Waals surface area contributed by atoms with Crippen LogP contribution in [0.5, 0.6) is 0 Å². The fourth-order valence-electron chi connectivity index (χ4n) is 2.73. The Balaban J connectivity index is 0.00000261. The Bertz CT molecular complexity index is 893. The molecule has 0 aliphatic heterocycles. The number of benzene rings is 2. The van der Waals surface area contributed by atoms with Crippen molar-refractivity contribution in [2.45, 2.75) is 26.1 Å². The van der Waals surface area contributed by atoms with E-state index in [0.29, 0.717) is 12.5 Å². The molecule has 3 N–H and O–H groups in total. The number of furan rings is 1. The summed E-state index contributed by atoms with van der Waals surface area (Å²) in [6, 6.07) is 14.5. The van der Waals surface area contributed by atoms with Crippen molar-refractivity contribution in [3.8, 4) is 0 Å². The lowest BCUT2D eigenvalue weighted by atomic mass is 10.1. The second-order valence-electron chi connectivity index (χ2n) is 6.06. The second-order valence-corrected chi connectivity index (χ2v) is 6.06. The van der Waals surface area contributed by atoms with Crippen LogP contribution in [-0.4, -0.2) is 18.1 Å². The molecule has 0 saturated heterocycles. The minimum absolute atomic E-state index is 0. The highest BCUT2D eigenvalue weighted by Crippen LogP contribution is 2.23. The van der Waals surface area contributed by atoms with Crippen LogP contribution in [0, 0.1) is 5.82 Å². The maximum Gasteiger partial charge on any atom is 0.191 e. The van der Waals surface area contributed by atoms with Gasteiger partial charge < -0.3 is 20.2 Å². The van der Waals surface area contributed by atoms with Crippen molar-refractivity contribution in [2.75, 3.05) is 7.05 Å². The summed E-state index contributed by atoms with van der Waals surface area (Å²) < 4.78 is 19.3. The van der Waals surface area contributed by atoms with Crippen LogP contribution in [0.3, 0.4) is 0 Å². The molecule has 27 heavy (non-hydrogen) atoms. The predicted octanol–water partition coefficient (Wildman–Crippen LogP) is 4.11. The third-order valence-electron chi connectivity index (χ3n) is 4.19. The summed E-state index contributed by atoms with van der Waals surface area (Å²) >= 11 is 0. The molecule has 0 fully saturated rings. The van der Waals surface area contributed by atoms with Gasteiger partial charge in [-0.1, -0.05) is 24.3 Å². The smallest absolute Gasteiger partial charge is 0.191 e. The van der Waals surface area contributed by atoms with E-state index in [-0.39, 0.29) is 42.2 Å². The van der Waals surface area contributed by atoms with E-state index >= 15 is 0 Å². The number of fused-ring (bicyclic) bond motifs is 1. The van der Waals surface area contributed by atoms with Crippen molar-refractivity contribution < 1.29 is 13.9 Å². The zero-order valence-corrected chi connectivity index (χ0v) is 17.5. The molecule has 3 rings (SSSR count). The van der Waals surface area contributed by atoms with Crippen molar-refractivity contribution in [3.63, 3.8) is 0 Å². The maximum atomic E-state index is 13.5. The van der Waals surface area contributed by atoms with E-state index in [1.165, 1.54) is 6.07 Å². The van der Waals surface area contributed by atoms with Gasteiger partial charge in [0, 0.05) is 24.5 Å². The Morgan fingerprint density at radius 2 is 2.00 bits per heavy atom. The molecule has 7 heteroatoms. The van der Waals surface area contributed by atoms with Crippen molar-refractivity contribution in [2.24, 2.45) is 4.99 Å². The lowest BCUT2D eigenvalue weighted by Crippen LogP contribution is -2.38. The van der Waals surface area contributed by atoms with Crippen LogP contribution in [0.15, 0.2) is 57.9 Å². The summed E-state index contributed by atoms with van der Waals surface area (Å²) in [5.74, 6) is 1.02. The zero-order chi connectivity index (χ0) is 18.5. The number of guanidine groups is 1. The molecular formula is C20H23FIN3O2. The number of aliphatic hydroxyl groups excluding tert-OH is 1. The van der Waals surface area contributed by atoms with Gasteiger partial charge in [-0.2, -0.15) is 0 Å². The third kappa shape index (κ3) is 5.20. The number of hydrogen-bond donors (Lipinski definition) is 3. The molecule has 0 amide bonds. The van der Waals surface area contributed by atoms with E-state index in [1.54, 1.807) is 19.2 Å². The van der Waals surface area contributed by atoms with Crippen molar-refractivity contribution in [1.82, 2.24) is 10.6 Å². The number of halogens is 2. The Morgan fingerprint density at radius 3 is 2.70 bits per heavy atom. The number of aliphatic hydroxyl groups is 1. The van der Waals surface area contributed by atoms with E-state index in [1.807, 2.05) is 37.3 Å². The molecule has 0 radical (unpaired) electrons. The molecule has 0 aliphatic rings. The van der Waals surface area contributed by atoms with Crippen LogP contribution in [-0.2, 0) is 13.2 Å². The van der Waals surface area contributed by atoms with Gasteiger partial charge in [-0.05, 0) is 36.8 Å². The number of rotatable bonds is 5. The summed E-state index contributed by atoms with van der Waals surface area (Å²) in [5, 5.41) is 16.7. The summed E-state index contributed by atoms with van der Waals surface area (Å²) in [4.78, 5) is 4.21. The molecule has 1 aromatic heterocycles. The standard InChI is InChI=1S/C20H22FN3O2.HI/c1-13(19-10-15-5-3-4-6-18(15)26-19)24-20(22-2)23-11-14-7-8-17(21)16(9-14)12-25;/h3-10,13,25H,11-12H2,1-2H3,(H2,22,23,24);1H. The fraction of sp³-hybridized carbons (Fsp3) is 0.250. The number of nitrogens with one attached hydrogen (secondary N) is 2. The van der Waals surface area contributed by atoms with E-state index in [4.69, 9.17) is 9.52 Å². The van der Waals surface area contributed by atoms with Gasteiger partial charge in [0.2, 0.25) is 0 Å². The normalized spacial score (nSPS) is 12.5. The summed E-state index contributed by atoms with van der Waals surface area (Å²) in [5.41, 5.74) is 1.99. The van der Waals surface area contributed by atoms with Gasteiger partial charge in [0.25, 0.3) is 0 Å². The molecule has 2 aromatic carbocycles. The van der Waals surface area contributed by atoms with E-state index in [0.717, 1.165) is 22.3 Å². The quantitative estimate of drug-likeness (QED) is 0.290. The van der Waals surface area contributed by atoms with Gasteiger partial charge in [0.15, 0.2) is 5.96 Å². The van der Waals surface area contributed by atoms with Gasteiger partial charge >= 0.3 is 0 Å². The Labute approximate surface area is 174 Å². The average Bonchev–Trinajstić information content (AvgIpc) is 3.10. The van der Waals surface area contributed by atoms with Crippen LogP contribution >= 0.6 is 24.0 Å². The third-order valence-corrected chi connectivity index (χ3v) is 4.19. The van der Waals surface area contributed by atoms with Gasteiger partial charge in [0.1, 0.15) is 17.2 Å². The first-order valence-electron chi connectivity index (χ1n) is 8.44. The number of hydrogen-bond acceptors (Lipinski definition) is 3. The minimum Gasteiger partial charge on any atom is -0.459 e. The summed E-state index contributed by atoms with van der Waals surface area (Å²) in [7, 11) is 1.69. The average molecular weight is 483 g/mol. The van der Waals surface area contributed by atoms with Crippen molar-refractivity contribution in [3.05, 3.63) is 71.2 Å². The zero-order valence-electron chi connectivity index (χ0n) is 15.2. The van der Waals surface area contributed by atoms with Crippen LogP contribution in [0.2, 0.25) is 0 Å². The molecule has 0 spiro atoms. The molecule has 1 atom stereocenters. The van der Waals surface area contributed by atoms with Crippen LogP contribution in [0.1, 0.15) is 29.9 Å². The Kier molecular flexibility index (Phi) is 7.61. The second kappa shape index (κ2) is 9.70. The highest BCUT2D eigenvalue weighted by Gasteiger charge is 2.13. The number of aliphatic imine (C=N–C) groups is 1. The lowest BCUT2D eigenvalue weighted by Gasteiger charge is -2.16. The molecule has 0 bridgehead atoms. The van der Waals surface area contributed by atoms with E-state index < -0.39 is 5.82 Å². The lowest BCUT2D eigenvalue weighted by molar-refractivity contribution is 0.275. The van der Waals surface area contributed by atoms with E-state index in [2.05, 4.69) is 15.6 Å². The maximum absolute atomic E-state index is 13.5. The van der Waals surface area contributed by atoms with E-state index in [9.17, 15) is 4.39 Å². The van der Waals surface area contributed by atoms with Gasteiger partial charge in [0.05, 0.1) is 12.6 Å². The molecular weight excluding hydrogens is 460 g/mol. The first-order valence-corrected chi connectivity index (χ1v) is 8.44. The number of nitrogens with zero attached hydrogens (tertiary/aromatic N) is 1. The summed E-state index contributed by atoms with van der Waals surface area (Å²) in [6.45, 7) is 2.13. The Morgan fingerprint density at radius 1 is 1.22 bits per heavy atom. The predicted molar refractivity (Wildman–Crippen MR) is 116 cm³/mol. The molecule has 1 unspecified atom stereocenters. The van der Waals surface area contributed by atoms with Gasteiger partial charge in [-0.25, -0.2) is 4.39 Å². The monoisotopic (exact) mass is 483 g/mol. The van der Waals surface area contributed by atoms with Crippen LogP contribution in [0.25, 0.3) is 11.0 Å². The topological polar surface area (TPSA) is 69.8 Å². The summed E-state index contributed by atoms with van der Waals surface area (Å²) in [6.07, 6.45) is 0. The fourth-order valence-corrected chi connectivity index (χ4v) is 2.73. The highest BCUT2D eigenvalue weighted by molar-refractivity contribution is 14.0. The molecule has 3 aromatic rings. The molecule has 144 valence electrons. The Hall–Kier alpha value is -2.13. The SMILES string of the molecule is CN=C(NCc1ccc(F)c(CO)c1)NC(C)c1cc2ccccc2o1.I. The van der Waals surface area contributed by atoms with Crippen molar-refractivity contribution in [1.29, 1.82) is 0 Å². The first kappa shape index (κ1) is 21.2. The first-order chi connectivity index (χ1) is 12.6. The molecule has 0 saturated carbocycles. The largest absolute Gasteiger partial charge is 0.459 e. The van der Waals surface area contributed by atoms with Crippen LogP contribution in [0.4, 0.5) is 4.39 Å².